The molecule has 25 heavy (non-hydrogen) atoms. The molecule has 5 nitrogen and oxygen atoms in total. The van der Waals surface area contributed by atoms with Gasteiger partial charge in [-0.2, -0.15) is 0 Å². The number of nitrogens with zero attached hydrogens (tertiary/aromatic N) is 1. The highest BCUT2D eigenvalue weighted by Gasteiger charge is 2.29. The molecule has 0 aliphatic rings. The summed E-state index contributed by atoms with van der Waals surface area (Å²) in [5.41, 5.74) is -0.704. The third-order valence-electron chi connectivity index (χ3n) is 3.25. The van der Waals surface area contributed by atoms with E-state index in [0.717, 1.165) is 10.4 Å². The number of carbonyl (C=O) groups is 1. The molecular weight excluding hydrogens is 343 g/mol. The van der Waals surface area contributed by atoms with E-state index >= 15 is 0 Å². The molecular formula is C18H21FN2O3S. The third-order valence-corrected chi connectivity index (χ3v) is 5.03. The molecule has 0 spiro atoms. The van der Waals surface area contributed by atoms with E-state index in [-0.39, 0.29) is 10.6 Å². The van der Waals surface area contributed by atoms with Gasteiger partial charge >= 0.3 is 0 Å². The van der Waals surface area contributed by atoms with Gasteiger partial charge < -0.3 is 5.32 Å². The quantitative estimate of drug-likeness (QED) is 0.887. The first kappa shape index (κ1) is 18.9. The average Bonchev–Trinajstić information content (AvgIpc) is 2.52. The van der Waals surface area contributed by atoms with Crippen LogP contribution in [0.4, 0.5) is 10.1 Å². The van der Waals surface area contributed by atoms with E-state index in [0.29, 0.717) is 0 Å². The van der Waals surface area contributed by atoms with Gasteiger partial charge in [0.05, 0.1) is 10.6 Å². The number of hydrogen-bond acceptors (Lipinski definition) is 3. The van der Waals surface area contributed by atoms with E-state index in [9.17, 15) is 17.6 Å². The first-order valence-corrected chi connectivity index (χ1v) is 9.18. The van der Waals surface area contributed by atoms with Gasteiger partial charge in [-0.25, -0.2) is 12.8 Å². The zero-order valence-corrected chi connectivity index (χ0v) is 15.2. The van der Waals surface area contributed by atoms with Crippen molar-refractivity contribution in [1.29, 1.82) is 0 Å². The number of anilines is 1. The smallest absolute Gasteiger partial charge is 0.264 e. The molecule has 2 aromatic carbocycles. The second-order valence-corrected chi connectivity index (χ2v) is 8.44. The Kier molecular flexibility index (Phi) is 5.47. The van der Waals surface area contributed by atoms with Gasteiger partial charge in [-0.05, 0) is 45.0 Å². The van der Waals surface area contributed by atoms with Gasteiger partial charge in [0.15, 0.2) is 0 Å². The zero-order chi connectivity index (χ0) is 18.7. The van der Waals surface area contributed by atoms with Crippen molar-refractivity contribution < 1.29 is 17.6 Å². The van der Waals surface area contributed by atoms with Gasteiger partial charge in [0.1, 0.15) is 12.4 Å². The molecule has 1 N–H and O–H groups in total. The van der Waals surface area contributed by atoms with E-state index in [1.165, 1.54) is 30.3 Å². The van der Waals surface area contributed by atoms with Crippen LogP contribution in [0.15, 0.2) is 59.5 Å². The minimum atomic E-state index is -4.09. The standard InChI is InChI=1S/C18H21FN2O3S/c1-18(2,3)20-17(22)13-21(16-12-8-7-11-15(16)19)25(23,24)14-9-5-4-6-10-14/h4-12H,13H2,1-3H3,(H,20,22). The maximum Gasteiger partial charge on any atom is 0.264 e. The van der Waals surface area contributed by atoms with Crippen LogP contribution >= 0.6 is 0 Å². The lowest BCUT2D eigenvalue weighted by atomic mass is 10.1. The number of para-hydroxylation sites is 1. The maximum absolute atomic E-state index is 14.2. The summed E-state index contributed by atoms with van der Waals surface area (Å²) in [6.07, 6.45) is 0. The molecule has 2 aromatic rings. The van der Waals surface area contributed by atoms with Gasteiger partial charge in [-0.3, -0.25) is 9.10 Å². The van der Waals surface area contributed by atoms with Crippen LogP contribution in [0.5, 0.6) is 0 Å². The lowest BCUT2D eigenvalue weighted by Crippen LogP contribution is -2.47. The van der Waals surface area contributed by atoms with Crippen LogP contribution in [-0.2, 0) is 14.8 Å². The predicted octanol–water partition coefficient (Wildman–Crippen LogP) is 2.94. The summed E-state index contributed by atoms with van der Waals surface area (Å²) in [5, 5.41) is 2.69. The Balaban J connectivity index is 2.47. The lowest BCUT2D eigenvalue weighted by Gasteiger charge is -2.27. The Bertz CT molecular complexity index is 846. The lowest BCUT2D eigenvalue weighted by molar-refractivity contribution is -0.121. The fraction of sp³-hybridized carbons (Fsp3) is 0.278. The van der Waals surface area contributed by atoms with Crippen LogP contribution in [-0.4, -0.2) is 26.4 Å². The monoisotopic (exact) mass is 364 g/mol. The van der Waals surface area contributed by atoms with Crippen LogP contribution in [0, 0.1) is 5.82 Å². The molecule has 0 aliphatic heterocycles. The molecule has 0 heterocycles. The maximum atomic E-state index is 14.2. The Morgan fingerprint density at radius 1 is 1.04 bits per heavy atom. The van der Waals surface area contributed by atoms with Crippen molar-refractivity contribution >= 4 is 21.6 Å². The van der Waals surface area contributed by atoms with Crippen molar-refractivity contribution in [2.75, 3.05) is 10.8 Å². The van der Waals surface area contributed by atoms with Crippen LogP contribution < -0.4 is 9.62 Å². The number of amides is 1. The molecule has 0 radical (unpaired) electrons. The van der Waals surface area contributed by atoms with Crippen LogP contribution in [0.25, 0.3) is 0 Å². The third kappa shape index (κ3) is 4.79. The summed E-state index contributed by atoms with van der Waals surface area (Å²) >= 11 is 0. The molecule has 134 valence electrons. The number of carbonyl (C=O) groups excluding carboxylic acids is 1. The number of nitrogens with one attached hydrogen (secondary N) is 1. The molecule has 7 heteroatoms. The number of benzene rings is 2. The summed E-state index contributed by atoms with van der Waals surface area (Å²) in [6, 6.07) is 13.1. The molecule has 0 fully saturated rings. The van der Waals surface area contributed by atoms with Crippen LogP contribution in [0.3, 0.4) is 0 Å². The molecule has 0 unspecified atom stereocenters. The molecule has 0 aliphatic carbocycles. The van der Waals surface area contributed by atoms with Gasteiger partial charge in [-0.1, -0.05) is 30.3 Å². The van der Waals surface area contributed by atoms with Crippen molar-refractivity contribution in [2.45, 2.75) is 31.2 Å². The Morgan fingerprint density at radius 2 is 1.60 bits per heavy atom. The van der Waals surface area contributed by atoms with Gasteiger partial charge in [0.25, 0.3) is 10.0 Å². The number of sulfonamides is 1. The van der Waals surface area contributed by atoms with E-state index in [4.69, 9.17) is 0 Å². The highest BCUT2D eigenvalue weighted by Crippen LogP contribution is 2.26. The Hall–Kier alpha value is -2.41. The van der Waals surface area contributed by atoms with Gasteiger partial charge in [0.2, 0.25) is 5.91 Å². The van der Waals surface area contributed by atoms with Crippen molar-refractivity contribution in [3.63, 3.8) is 0 Å². The predicted molar refractivity (Wildman–Crippen MR) is 95.3 cm³/mol. The molecule has 0 saturated heterocycles. The SMILES string of the molecule is CC(C)(C)NC(=O)CN(c1ccccc1F)S(=O)(=O)c1ccccc1. The van der Waals surface area contributed by atoms with Gasteiger partial charge in [0, 0.05) is 5.54 Å². The molecule has 2 rings (SSSR count). The fourth-order valence-electron chi connectivity index (χ4n) is 2.26. The van der Waals surface area contributed by atoms with Crippen LogP contribution in [0.2, 0.25) is 0 Å². The molecule has 0 saturated carbocycles. The minimum absolute atomic E-state index is 0.0122. The molecule has 0 bridgehead atoms. The summed E-state index contributed by atoms with van der Waals surface area (Å²) in [6.45, 7) is 4.83. The number of hydrogen-bond donors (Lipinski definition) is 1. The van der Waals surface area contributed by atoms with E-state index in [2.05, 4.69) is 5.32 Å². The normalized spacial score (nSPS) is 11.8. The van der Waals surface area contributed by atoms with E-state index in [1.54, 1.807) is 39.0 Å². The Morgan fingerprint density at radius 3 is 2.16 bits per heavy atom. The topological polar surface area (TPSA) is 66.5 Å². The first-order chi connectivity index (χ1) is 11.6. The summed E-state index contributed by atoms with van der Waals surface area (Å²) in [4.78, 5) is 12.3. The Labute approximate surface area is 147 Å². The largest absolute Gasteiger partial charge is 0.350 e. The summed E-state index contributed by atoms with van der Waals surface area (Å²) < 4.78 is 41.0. The summed E-state index contributed by atoms with van der Waals surface area (Å²) in [7, 11) is -4.09. The van der Waals surface area contributed by atoms with Gasteiger partial charge in [-0.15, -0.1) is 0 Å². The molecule has 0 aromatic heterocycles. The fourth-order valence-corrected chi connectivity index (χ4v) is 3.71. The van der Waals surface area contributed by atoms with Crippen molar-refractivity contribution in [3.05, 3.63) is 60.4 Å². The highest BCUT2D eigenvalue weighted by molar-refractivity contribution is 7.92. The van der Waals surface area contributed by atoms with Crippen molar-refractivity contribution in [3.8, 4) is 0 Å². The molecule has 0 atom stereocenters. The number of halogens is 1. The summed E-state index contributed by atoms with van der Waals surface area (Å²) in [5.74, 6) is -1.24. The first-order valence-electron chi connectivity index (χ1n) is 7.74. The second-order valence-electron chi connectivity index (χ2n) is 6.57. The van der Waals surface area contributed by atoms with Crippen molar-refractivity contribution in [2.24, 2.45) is 0 Å². The molecule has 1 amide bonds. The minimum Gasteiger partial charge on any atom is -0.350 e. The van der Waals surface area contributed by atoms with E-state index in [1.807, 2.05) is 0 Å². The van der Waals surface area contributed by atoms with E-state index < -0.39 is 33.8 Å². The average molecular weight is 364 g/mol. The zero-order valence-electron chi connectivity index (χ0n) is 14.4. The number of rotatable bonds is 5. The second kappa shape index (κ2) is 7.23. The highest BCUT2D eigenvalue weighted by atomic mass is 32.2. The van der Waals surface area contributed by atoms with Crippen LogP contribution in [0.1, 0.15) is 20.8 Å². The van der Waals surface area contributed by atoms with Crippen molar-refractivity contribution in [1.82, 2.24) is 5.32 Å².